The number of nitrogens with zero attached hydrogens (tertiary/aromatic N) is 1. The van der Waals surface area contributed by atoms with Gasteiger partial charge in [0.05, 0.1) is 17.6 Å². The normalized spacial score (nSPS) is 11.1. The van der Waals surface area contributed by atoms with Crippen molar-refractivity contribution in [2.24, 2.45) is 0 Å². The number of halogens is 2. The Morgan fingerprint density at radius 2 is 2.00 bits per heavy atom. The van der Waals surface area contributed by atoms with Crippen molar-refractivity contribution in [2.45, 2.75) is 4.90 Å². The molecule has 0 unspecified atom stereocenters. The summed E-state index contributed by atoms with van der Waals surface area (Å²) in [5.74, 6) is -1.02. The molecule has 0 bridgehead atoms. The van der Waals surface area contributed by atoms with Gasteiger partial charge >= 0.3 is 5.97 Å². The van der Waals surface area contributed by atoms with Crippen LogP contribution in [-0.4, -0.2) is 26.4 Å². The predicted molar refractivity (Wildman–Crippen MR) is 62.5 cm³/mol. The van der Waals surface area contributed by atoms with Crippen LogP contribution in [0.5, 0.6) is 0 Å². The van der Waals surface area contributed by atoms with E-state index in [4.69, 9.17) is 22.3 Å². The molecule has 7 nitrogen and oxygen atoms in total. The smallest absolute Gasteiger partial charge is 0.339 e. The van der Waals surface area contributed by atoms with Crippen LogP contribution in [0.15, 0.2) is 17.0 Å². The van der Waals surface area contributed by atoms with Gasteiger partial charge in [-0.15, -0.1) is 0 Å². The highest BCUT2D eigenvalue weighted by molar-refractivity contribution is 8.13. The molecule has 98 valence electrons. The van der Waals surface area contributed by atoms with Crippen LogP contribution in [-0.2, 0) is 13.8 Å². The highest BCUT2D eigenvalue weighted by Gasteiger charge is 2.27. The number of hydrogen-bond acceptors (Lipinski definition) is 6. The van der Waals surface area contributed by atoms with Crippen LogP contribution < -0.4 is 0 Å². The van der Waals surface area contributed by atoms with E-state index in [1.807, 2.05) is 0 Å². The number of esters is 1. The molecule has 0 aliphatic rings. The van der Waals surface area contributed by atoms with E-state index in [9.17, 15) is 23.3 Å². The van der Waals surface area contributed by atoms with Gasteiger partial charge in [0.1, 0.15) is 9.92 Å². The summed E-state index contributed by atoms with van der Waals surface area (Å²) in [4.78, 5) is 20.3. The number of nitro benzene ring substituents is 1. The highest BCUT2D eigenvalue weighted by Crippen LogP contribution is 2.32. The molecule has 1 aromatic rings. The number of ether oxygens (including phenoxy) is 1. The summed E-state index contributed by atoms with van der Waals surface area (Å²) in [6, 6.07) is 1.43. The van der Waals surface area contributed by atoms with Crippen molar-refractivity contribution < 1.29 is 22.9 Å². The molecule has 0 amide bonds. The van der Waals surface area contributed by atoms with Crippen LogP contribution in [0.3, 0.4) is 0 Å². The molecule has 1 aromatic carbocycles. The molecule has 0 saturated heterocycles. The van der Waals surface area contributed by atoms with Crippen molar-refractivity contribution in [3.8, 4) is 0 Å². The second-order valence-electron chi connectivity index (χ2n) is 2.99. The minimum absolute atomic E-state index is 0.399. The fraction of sp³-hybridized carbons (Fsp3) is 0.125. The molecule has 0 fully saturated rings. The molecule has 0 aliphatic heterocycles. The van der Waals surface area contributed by atoms with E-state index < -0.39 is 41.1 Å². The lowest BCUT2D eigenvalue weighted by molar-refractivity contribution is -0.384. The molecule has 0 N–H and O–H groups in total. The lowest BCUT2D eigenvalue weighted by Gasteiger charge is -2.06. The first-order valence-electron chi connectivity index (χ1n) is 4.19. The monoisotopic (exact) mass is 313 g/mol. The fourth-order valence-electron chi connectivity index (χ4n) is 1.15. The third-order valence-electron chi connectivity index (χ3n) is 1.91. The summed E-state index contributed by atoms with van der Waals surface area (Å²) >= 11 is 5.56. The Kier molecular flexibility index (Phi) is 4.15. The van der Waals surface area contributed by atoms with E-state index >= 15 is 0 Å². The molecular formula is C8H5Cl2NO6S. The van der Waals surface area contributed by atoms with Crippen LogP contribution in [0.25, 0.3) is 0 Å². The summed E-state index contributed by atoms with van der Waals surface area (Å²) in [6.45, 7) is 0. The molecular weight excluding hydrogens is 309 g/mol. The topological polar surface area (TPSA) is 104 Å². The first-order chi connectivity index (χ1) is 8.18. The molecule has 0 heterocycles. The Morgan fingerprint density at radius 1 is 1.44 bits per heavy atom. The number of carbonyl (C=O) groups is 1. The second kappa shape index (κ2) is 5.09. The Balaban J connectivity index is 3.68. The predicted octanol–water partition coefficient (Wildman–Crippen LogP) is 1.96. The Morgan fingerprint density at radius 3 is 2.39 bits per heavy atom. The number of hydrogen-bond donors (Lipinski definition) is 0. The summed E-state index contributed by atoms with van der Waals surface area (Å²) in [6.07, 6.45) is 0. The van der Waals surface area contributed by atoms with E-state index in [2.05, 4.69) is 4.74 Å². The maximum absolute atomic E-state index is 11.3. The minimum Gasteiger partial charge on any atom is -0.465 e. The molecule has 1 rings (SSSR count). The van der Waals surface area contributed by atoms with Crippen LogP contribution in [0.2, 0.25) is 5.02 Å². The zero-order valence-corrected chi connectivity index (χ0v) is 11.0. The van der Waals surface area contributed by atoms with Gasteiger partial charge in [0.2, 0.25) is 0 Å². The van der Waals surface area contributed by atoms with Crippen molar-refractivity contribution in [1.29, 1.82) is 0 Å². The van der Waals surface area contributed by atoms with Crippen LogP contribution in [0, 0.1) is 10.1 Å². The van der Waals surface area contributed by atoms with E-state index in [-0.39, 0.29) is 0 Å². The number of benzene rings is 1. The van der Waals surface area contributed by atoms with Crippen molar-refractivity contribution in [3.05, 3.63) is 32.8 Å². The molecule has 0 radical (unpaired) electrons. The number of rotatable bonds is 3. The summed E-state index contributed by atoms with van der Waals surface area (Å²) in [7, 11) is 1.76. The van der Waals surface area contributed by atoms with Gasteiger partial charge in [-0.25, -0.2) is 13.2 Å². The fourth-order valence-corrected chi connectivity index (χ4v) is 2.43. The molecule has 18 heavy (non-hydrogen) atoms. The Bertz CT molecular complexity index is 627. The first kappa shape index (κ1) is 14.7. The van der Waals surface area contributed by atoms with Gasteiger partial charge in [-0.2, -0.15) is 0 Å². The minimum atomic E-state index is -4.35. The van der Waals surface area contributed by atoms with Gasteiger partial charge in [0.25, 0.3) is 14.7 Å². The van der Waals surface area contributed by atoms with Crippen LogP contribution in [0.1, 0.15) is 10.4 Å². The zero-order chi connectivity index (χ0) is 14.1. The Hall–Kier alpha value is -1.38. The highest BCUT2D eigenvalue weighted by atomic mass is 35.7. The summed E-state index contributed by atoms with van der Waals surface area (Å²) in [5.41, 5.74) is -1.15. The first-order valence-corrected chi connectivity index (χ1v) is 6.88. The van der Waals surface area contributed by atoms with Crippen molar-refractivity contribution in [2.75, 3.05) is 7.11 Å². The van der Waals surface area contributed by atoms with Gasteiger partial charge in [-0.3, -0.25) is 10.1 Å². The van der Waals surface area contributed by atoms with Gasteiger partial charge in [-0.1, -0.05) is 11.6 Å². The molecule has 0 aliphatic carbocycles. The van der Waals surface area contributed by atoms with Crippen molar-refractivity contribution in [1.82, 2.24) is 0 Å². The lowest BCUT2D eigenvalue weighted by Crippen LogP contribution is -2.08. The van der Waals surface area contributed by atoms with Crippen LogP contribution in [0.4, 0.5) is 5.69 Å². The lowest BCUT2D eigenvalue weighted by atomic mass is 10.2. The third kappa shape index (κ3) is 2.89. The molecule has 0 aromatic heterocycles. The van der Waals surface area contributed by atoms with Crippen molar-refractivity contribution >= 4 is 43.0 Å². The van der Waals surface area contributed by atoms with Gasteiger partial charge in [0.15, 0.2) is 0 Å². The molecule has 10 heteroatoms. The quantitative estimate of drug-likeness (QED) is 0.365. The molecule has 0 spiro atoms. The van der Waals surface area contributed by atoms with Gasteiger partial charge in [-0.05, 0) is 6.07 Å². The molecule has 0 saturated carbocycles. The maximum Gasteiger partial charge on any atom is 0.339 e. The van der Waals surface area contributed by atoms with Crippen LogP contribution >= 0.6 is 22.3 Å². The largest absolute Gasteiger partial charge is 0.465 e. The Labute approximate surface area is 111 Å². The average molecular weight is 314 g/mol. The maximum atomic E-state index is 11.3. The van der Waals surface area contributed by atoms with Crippen molar-refractivity contribution in [3.63, 3.8) is 0 Å². The summed E-state index contributed by atoms with van der Waals surface area (Å²) < 4.78 is 26.8. The standard InChI is InChI=1S/C8H5Cl2NO6S/c1-17-8(12)4-2-5(9)6(11(13)14)3-7(4)18(10,15)16/h2-3H,1H3. The average Bonchev–Trinajstić information content (AvgIpc) is 2.25. The number of carbonyl (C=O) groups excluding carboxylic acids is 1. The summed E-state index contributed by atoms with van der Waals surface area (Å²) in [5, 5.41) is 10.2. The number of nitro groups is 1. The number of methoxy groups -OCH3 is 1. The zero-order valence-electron chi connectivity index (χ0n) is 8.72. The second-order valence-corrected chi connectivity index (χ2v) is 5.93. The SMILES string of the molecule is COC(=O)c1cc(Cl)c([N+](=O)[O-])cc1S(=O)(=O)Cl. The van der Waals surface area contributed by atoms with E-state index in [0.29, 0.717) is 6.07 Å². The third-order valence-corrected chi connectivity index (χ3v) is 3.58. The molecule has 0 atom stereocenters. The van der Waals surface area contributed by atoms with E-state index in [0.717, 1.165) is 13.2 Å². The van der Waals surface area contributed by atoms with E-state index in [1.165, 1.54) is 0 Å². The van der Waals surface area contributed by atoms with Gasteiger partial charge < -0.3 is 4.74 Å². The van der Waals surface area contributed by atoms with E-state index in [1.54, 1.807) is 0 Å². The van der Waals surface area contributed by atoms with Gasteiger partial charge in [0, 0.05) is 16.7 Å².